The zero-order chi connectivity index (χ0) is 30.2. The first kappa shape index (κ1) is 37.9. The quantitative estimate of drug-likeness (QED) is 0.0888. The fourth-order valence-electron chi connectivity index (χ4n) is 5.38. The van der Waals surface area contributed by atoms with Crippen molar-refractivity contribution in [1.82, 2.24) is 0 Å². The van der Waals surface area contributed by atoms with E-state index in [0.29, 0.717) is 31.1 Å². The zero-order valence-corrected chi connectivity index (χ0v) is 26.6. The summed E-state index contributed by atoms with van der Waals surface area (Å²) < 4.78 is 0. The third-order valence-electron chi connectivity index (χ3n) is 8.42. The van der Waals surface area contributed by atoms with Crippen LogP contribution in [0.5, 0.6) is 0 Å². The predicted octanol–water partition coefficient (Wildman–Crippen LogP) is 6.85. The third kappa shape index (κ3) is 12.5. The van der Waals surface area contributed by atoms with Crippen LogP contribution in [0.2, 0.25) is 0 Å². The number of carbonyl (C=O) groups is 3. The smallest absolute Gasteiger partial charge is 0.219 e. The van der Waals surface area contributed by atoms with E-state index in [9.17, 15) is 29.7 Å². The number of rotatable bonds is 24. The van der Waals surface area contributed by atoms with E-state index in [2.05, 4.69) is 34.6 Å². The SMILES string of the molecule is CCCCCC(C)CCC(=O)C(O)(C(=O)CCC(C)CCCC(C)C)C(O)(CO)C(=O)C(C)CCCC(C)C. The lowest BCUT2D eigenvalue weighted by molar-refractivity contribution is -0.196. The molecule has 0 saturated carbocycles. The van der Waals surface area contributed by atoms with E-state index in [1.807, 2.05) is 13.8 Å². The summed E-state index contributed by atoms with van der Waals surface area (Å²) in [4.78, 5) is 40.7. The Morgan fingerprint density at radius 3 is 1.46 bits per heavy atom. The van der Waals surface area contributed by atoms with Crippen LogP contribution in [0.1, 0.15) is 145 Å². The molecule has 5 atom stereocenters. The van der Waals surface area contributed by atoms with Gasteiger partial charge in [-0.3, -0.25) is 14.4 Å². The Labute approximate surface area is 239 Å². The number of unbranched alkanes of at least 4 members (excludes halogenated alkanes) is 2. The van der Waals surface area contributed by atoms with Crippen LogP contribution in [0.15, 0.2) is 0 Å². The summed E-state index contributed by atoms with van der Waals surface area (Å²) in [7, 11) is 0. The van der Waals surface area contributed by atoms with Crippen LogP contribution in [0, 0.1) is 29.6 Å². The van der Waals surface area contributed by atoms with Gasteiger partial charge in [-0.2, -0.15) is 0 Å². The van der Waals surface area contributed by atoms with E-state index in [-0.39, 0.29) is 24.7 Å². The van der Waals surface area contributed by atoms with E-state index < -0.39 is 41.1 Å². The molecule has 0 aliphatic rings. The Hall–Kier alpha value is -1.11. The van der Waals surface area contributed by atoms with Gasteiger partial charge in [0.2, 0.25) is 5.60 Å². The van der Waals surface area contributed by atoms with Crippen molar-refractivity contribution in [2.45, 2.75) is 156 Å². The highest BCUT2D eigenvalue weighted by molar-refractivity contribution is 6.16. The highest BCUT2D eigenvalue weighted by Gasteiger charge is 2.63. The van der Waals surface area contributed by atoms with E-state index in [1.165, 1.54) is 0 Å². The molecule has 0 saturated heterocycles. The standard InChI is InChI=1S/C33H62O6/c1-9-10-11-16-26(6)19-21-29(35)33(39,30(36)22-20-27(7)17-12-14-24(2)3)32(38,23-34)31(37)28(8)18-13-15-25(4)5/h24-28,34,38-39H,9-23H2,1-8H3. The molecular formula is C33H62O6. The molecule has 0 bridgehead atoms. The molecule has 0 spiro atoms. The molecule has 6 heteroatoms. The second-order valence-electron chi connectivity index (χ2n) is 13.3. The second kappa shape index (κ2) is 19.1. The van der Waals surface area contributed by atoms with Gasteiger partial charge in [0.25, 0.3) is 0 Å². The number of aliphatic hydroxyl groups excluding tert-OH is 1. The molecule has 0 radical (unpaired) electrons. The first-order chi connectivity index (χ1) is 18.2. The Kier molecular flexibility index (Phi) is 18.5. The maximum absolute atomic E-state index is 13.6. The van der Waals surface area contributed by atoms with Crippen LogP contribution in [0.4, 0.5) is 0 Å². The van der Waals surface area contributed by atoms with Crippen molar-refractivity contribution >= 4 is 17.3 Å². The van der Waals surface area contributed by atoms with Gasteiger partial charge in [-0.1, -0.05) is 113 Å². The lowest BCUT2D eigenvalue weighted by Crippen LogP contribution is -2.70. The largest absolute Gasteiger partial charge is 0.393 e. The zero-order valence-electron chi connectivity index (χ0n) is 26.6. The highest BCUT2D eigenvalue weighted by atomic mass is 16.4. The van der Waals surface area contributed by atoms with E-state index in [4.69, 9.17) is 0 Å². The molecule has 0 amide bonds. The number of carbonyl (C=O) groups excluding carboxylic acids is 3. The number of hydrogen-bond donors (Lipinski definition) is 3. The fraction of sp³-hybridized carbons (Fsp3) is 0.909. The maximum atomic E-state index is 13.6. The van der Waals surface area contributed by atoms with Crippen molar-refractivity contribution in [3.63, 3.8) is 0 Å². The van der Waals surface area contributed by atoms with Gasteiger partial charge in [-0.25, -0.2) is 0 Å². The summed E-state index contributed by atoms with van der Waals surface area (Å²) in [6.45, 7) is 15.1. The van der Waals surface area contributed by atoms with E-state index >= 15 is 0 Å². The number of hydrogen-bond acceptors (Lipinski definition) is 6. The number of aliphatic hydroxyl groups is 3. The molecule has 5 unspecified atom stereocenters. The molecule has 0 aromatic rings. The molecule has 0 fully saturated rings. The topological polar surface area (TPSA) is 112 Å². The van der Waals surface area contributed by atoms with Gasteiger partial charge >= 0.3 is 0 Å². The molecular weight excluding hydrogens is 492 g/mol. The Morgan fingerprint density at radius 2 is 1.05 bits per heavy atom. The summed E-state index contributed by atoms with van der Waals surface area (Å²) >= 11 is 0. The predicted molar refractivity (Wildman–Crippen MR) is 159 cm³/mol. The average Bonchev–Trinajstić information content (AvgIpc) is 2.88. The summed E-state index contributed by atoms with van der Waals surface area (Å²) in [5.41, 5.74) is -5.81. The fourth-order valence-corrected chi connectivity index (χ4v) is 5.38. The monoisotopic (exact) mass is 554 g/mol. The molecule has 39 heavy (non-hydrogen) atoms. The Bertz CT molecular complexity index is 717. The van der Waals surface area contributed by atoms with Crippen LogP contribution < -0.4 is 0 Å². The van der Waals surface area contributed by atoms with Crippen LogP contribution in [0.3, 0.4) is 0 Å². The number of ketones is 3. The lowest BCUT2D eigenvalue weighted by Gasteiger charge is -2.40. The van der Waals surface area contributed by atoms with Gasteiger partial charge in [-0.05, 0) is 42.9 Å². The van der Waals surface area contributed by atoms with Crippen LogP contribution in [0.25, 0.3) is 0 Å². The van der Waals surface area contributed by atoms with Gasteiger partial charge < -0.3 is 15.3 Å². The second-order valence-corrected chi connectivity index (χ2v) is 13.3. The van der Waals surface area contributed by atoms with E-state index in [0.717, 1.165) is 57.8 Å². The van der Waals surface area contributed by atoms with Gasteiger partial charge in [0.1, 0.15) is 0 Å². The summed E-state index contributed by atoms with van der Waals surface area (Å²) in [6, 6.07) is 0. The van der Waals surface area contributed by atoms with Crippen molar-refractivity contribution in [3.8, 4) is 0 Å². The molecule has 6 nitrogen and oxygen atoms in total. The van der Waals surface area contributed by atoms with Crippen LogP contribution in [-0.4, -0.2) is 50.5 Å². The molecule has 0 aromatic carbocycles. The van der Waals surface area contributed by atoms with E-state index in [1.54, 1.807) is 6.92 Å². The van der Waals surface area contributed by atoms with Gasteiger partial charge in [0.15, 0.2) is 23.0 Å². The molecule has 0 aromatic heterocycles. The molecule has 0 aliphatic heterocycles. The van der Waals surface area contributed by atoms with Crippen molar-refractivity contribution in [1.29, 1.82) is 0 Å². The minimum Gasteiger partial charge on any atom is -0.393 e. The van der Waals surface area contributed by atoms with Crippen molar-refractivity contribution in [3.05, 3.63) is 0 Å². The van der Waals surface area contributed by atoms with Crippen molar-refractivity contribution in [2.75, 3.05) is 6.61 Å². The number of Topliss-reactive ketones (excluding diaryl/α,β-unsaturated/α-hetero) is 3. The first-order valence-corrected chi connectivity index (χ1v) is 15.8. The molecule has 230 valence electrons. The van der Waals surface area contributed by atoms with Crippen LogP contribution >= 0.6 is 0 Å². The Morgan fingerprint density at radius 1 is 0.615 bits per heavy atom. The molecule has 0 heterocycles. The van der Waals surface area contributed by atoms with Crippen molar-refractivity contribution in [2.24, 2.45) is 29.6 Å². The first-order valence-electron chi connectivity index (χ1n) is 15.8. The minimum absolute atomic E-state index is 0.128. The minimum atomic E-state index is -2.95. The average molecular weight is 555 g/mol. The molecule has 0 aliphatic carbocycles. The Balaban J connectivity index is 5.87. The molecule has 3 N–H and O–H groups in total. The van der Waals surface area contributed by atoms with Crippen molar-refractivity contribution < 1.29 is 29.7 Å². The summed E-state index contributed by atoms with van der Waals surface area (Å²) in [5.74, 6) is -1.82. The maximum Gasteiger partial charge on any atom is 0.219 e. The molecule has 0 rings (SSSR count). The summed E-state index contributed by atoms with van der Waals surface area (Å²) in [5, 5.41) is 33.6. The van der Waals surface area contributed by atoms with Crippen LogP contribution in [-0.2, 0) is 14.4 Å². The third-order valence-corrected chi connectivity index (χ3v) is 8.42. The highest BCUT2D eigenvalue weighted by Crippen LogP contribution is 2.34. The normalized spacial score (nSPS) is 17.5. The lowest BCUT2D eigenvalue weighted by atomic mass is 9.68. The van der Waals surface area contributed by atoms with Gasteiger partial charge in [-0.15, -0.1) is 0 Å². The summed E-state index contributed by atoms with van der Waals surface area (Å²) in [6.07, 6.45) is 9.90. The van der Waals surface area contributed by atoms with Gasteiger partial charge in [0, 0.05) is 18.8 Å². The van der Waals surface area contributed by atoms with Gasteiger partial charge in [0.05, 0.1) is 6.61 Å².